The Labute approximate surface area is 156 Å². The molecular weight excluding hydrogens is 316 g/mol. The minimum atomic E-state index is -1.18. The topological polar surface area (TPSA) is 27.7 Å². The van der Waals surface area contributed by atoms with Crippen molar-refractivity contribution >= 4 is 8.32 Å². The molecule has 1 atom stereocenters. The fourth-order valence-corrected chi connectivity index (χ4v) is 2.17. The SMILES string of the molecule is CCC.CCCOCC.CCOC(C)CC.CCO[Si](C)(C)CC. The predicted octanol–water partition coefficient (Wildman–Crippen LogP) is 6.92. The van der Waals surface area contributed by atoms with Gasteiger partial charge in [0.15, 0.2) is 8.32 Å². The van der Waals surface area contributed by atoms with Gasteiger partial charge in [-0.15, -0.1) is 0 Å². The summed E-state index contributed by atoms with van der Waals surface area (Å²) in [4.78, 5) is 0. The van der Waals surface area contributed by atoms with Gasteiger partial charge in [-0.3, -0.25) is 0 Å². The standard InChI is InChI=1S/C6H16OSi.C6H14O.C5H12O.C3H8/c1-5-7-8(3,4)6-2;1-4-6(3)7-5-2;1-3-5-6-4-2;1-3-2/h5-6H2,1-4H3;6H,4-5H2,1-3H3;3-5H2,1-2H3;3H2,1-2H3. The largest absolute Gasteiger partial charge is 0.418 e. The second kappa shape index (κ2) is 27.9. The Morgan fingerprint density at radius 2 is 1.29 bits per heavy atom. The van der Waals surface area contributed by atoms with Crippen LogP contribution in [-0.4, -0.2) is 40.8 Å². The van der Waals surface area contributed by atoms with Crippen LogP contribution in [0.4, 0.5) is 0 Å². The Kier molecular flexibility index (Phi) is 37.0. The highest BCUT2D eigenvalue weighted by Gasteiger charge is 2.17. The summed E-state index contributed by atoms with van der Waals surface area (Å²) in [5.41, 5.74) is 0. The van der Waals surface area contributed by atoms with E-state index in [0.717, 1.165) is 39.3 Å². The van der Waals surface area contributed by atoms with E-state index >= 15 is 0 Å². The van der Waals surface area contributed by atoms with Crippen molar-refractivity contribution in [1.29, 1.82) is 0 Å². The van der Waals surface area contributed by atoms with Gasteiger partial charge in [-0.05, 0) is 59.7 Å². The average molecular weight is 367 g/mol. The molecule has 0 heterocycles. The second-order valence-electron chi connectivity index (χ2n) is 6.12. The van der Waals surface area contributed by atoms with Crippen molar-refractivity contribution in [2.45, 2.75) is 107 Å². The van der Waals surface area contributed by atoms with Crippen molar-refractivity contribution < 1.29 is 13.9 Å². The van der Waals surface area contributed by atoms with Gasteiger partial charge in [0.05, 0.1) is 6.10 Å². The second-order valence-corrected chi connectivity index (χ2v) is 10.6. The maximum Gasteiger partial charge on any atom is 0.186 e. The maximum absolute atomic E-state index is 5.52. The Bertz CT molecular complexity index is 184. The molecule has 0 aliphatic rings. The highest BCUT2D eigenvalue weighted by atomic mass is 28.4. The summed E-state index contributed by atoms with van der Waals surface area (Å²) in [6.45, 7) is 26.8. The van der Waals surface area contributed by atoms with Gasteiger partial charge in [0.25, 0.3) is 0 Å². The number of hydrogen-bond donors (Lipinski definition) is 0. The minimum Gasteiger partial charge on any atom is -0.418 e. The van der Waals surface area contributed by atoms with Crippen molar-refractivity contribution in [3.8, 4) is 0 Å². The molecule has 0 saturated carbocycles. The molecule has 3 nitrogen and oxygen atoms in total. The Hall–Kier alpha value is 0.0969. The summed E-state index contributed by atoms with van der Waals surface area (Å²) < 4.78 is 15.7. The Morgan fingerprint density at radius 1 is 0.792 bits per heavy atom. The molecular formula is C20H50O3Si. The molecule has 0 bridgehead atoms. The highest BCUT2D eigenvalue weighted by Crippen LogP contribution is 2.08. The zero-order chi connectivity index (χ0) is 19.9. The lowest BCUT2D eigenvalue weighted by Gasteiger charge is -2.18. The van der Waals surface area contributed by atoms with Gasteiger partial charge >= 0.3 is 0 Å². The first-order valence-electron chi connectivity index (χ1n) is 10.1. The van der Waals surface area contributed by atoms with Crippen LogP contribution in [-0.2, 0) is 13.9 Å². The van der Waals surface area contributed by atoms with Crippen LogP contribution in [0.1, 0.15) is 81.6 Å². The van der Waals surface area contributed by atoms with Gasteiger partial charge in [-0.1, -0.05) is 41.0 Å². The Balaban J connectivity index is -0.000000116. The molecule has 0 N–H and O–H groups in total. The van der Waals surface area contributed by atoms with Gasteiger partial charge in [0, 0.05) is 26.4 Å². The average Bonchev–Trinajstić information content (AvgIpc) is 2.55. The van der Waals surface area contributed by atoms with Gasteiger partial charge in [0.2, 0.25) is 0 Å². The summed E-state index contributed by atoms with van der Waals surface area (Å²) >= 11 is 0. The van der Waals surface area contributed by atoms with E-state index in [1.54, 1.807) is 0 Å². The third kappa shape index (κ3) is 43.2. The zero-order valence-electron chi connectivity index (χ0n) is 19.0. The summed E-state index contributed by atoms with van der Waals surface area (Å²) in [7, 11) is -1.18. The van der Waals surface area contributed by atoms with Crippen LogP contribution in [0.5, 0.6) is 0 Å². The zero-order valence-corrected chi connectivity index (χ0v) is 20.0. The van der Waals surface area contributed by atoms with Crippen molar-refractivity contribution in [2.75, 3.05) is 26.4 Å². The molecule has 24 heavy (non-hydrogen) atoms. The molecule has 152 valence electrons. The van der Waals surface area contributed by atoms with Gasteiger partial charge < -0.3 is 13.9 Å². The third-order valence-electron chi connectivity index (χ3n) is 2.97. The van der Waals surface area contributed by atoms with Crippen molar-refractivity contribution in [3.63, 3.8) is 0 Å². The van der Waals surface area contributed by atoms with Crippen molar-refractivity contribution in [2.24, 2.45) is 0 Å². The van der Waals surface area contributed by atoms with Gasteiger partial charge in [-0.2, -0.15) is 0 Å². The first-order valence-corrected chi connectivity index (χ1v) is 13.2. The van der Waals surface area contributed by atoms with Crippen LogP contribution in [0.2, 0.25) is 19.1 Å². The molecule has 0 rings (SSSR count). The van der Waals surface area contributed by atoms with Crippen molar-refractivity contribution in [1.82, 2.24) is 0 Å². The van der Waals surface area contributed by atoms with E-state index in [0.29, 0.717) is 6.10 Å². The molecule has 0 aromatic heterocycles. The van der Waals surface area contributed by atoms with Crippen molar-refractivity contribution in [3.05, 3.63) is 0 Å². The third-order valence-corrected chi connectivity index (χ3v) is 5.74. The van der Waals surface area contributed by atoms with Crippen LogP contribution in [0.15, 0.2) is 0 Å². The van der Waals surface area contributed by atoms with Crippen LogP contribution in [0.25, 0.3) is 0 Å². The molecule has 4 heteroatoms. The van der Waals surface area contributed by atoms with E-state index in [-0.39, 0.29) is 0 Å². The summed E-state index contributed by atoms with van der Waals surface area (Å²) in [5, 5.41) is 0. The van der Waals surface area contributed by atoms with Crippen LogP contribution < -0.4 is 0 Å². The van der Waals surface area contributed by atoms with E-state index in [2.05, 4.69) is 61.6 Å². The van der Waals surface area contributed by atoms with E-state index in [1.807, 2.05) is 13.8 Å². The predicted molar refractivity (Wildman–Crippen MR) is 114 cm³/mol. The molecule has 0 aromatic carbocycles. The molecule has 0 spiro atoms. The number of hydrogen-bond acceptors (Lipinski definition) is 3. The highest BCUT2D eigenvalue weighted by molar-refractivity contribution is 6.71. The fraction of sp³-hybridized carbons (Fsp3) is 1.00. The molecule has 0 amide bonds. The van der Waals surface area contributed by atoms with Crippen LogP contribution >= 0.6 is 0 Å². The van der Waals surface area contributed by atoms with Crippen LogP contribution in [0, 0.1) is 0 Å². The summed E-state index contributed by atoms with van der Waals surface area (Å²) in [5.74, 6) is 0. The number of ether oxygens (including phenoxy) is 2. The molecule has 0 fully saturated rings. The molecule has 0 aromatic rings. The first-order chi connectivity index (χ1) is 11.3. The Morgan fingerprint density at radius 3 is 1.42 bits per heavy atom. The molecule has 0 saturated heterocycles. The normalized spacial score (nSPS) is 11.1. The van der Waals surface area contributed by atoms with Gasteiger partial charge in [-0.25, -0.2) is 0 Å². The molecule has 0 aliphatic heterocycles. The van der Waals surface area contributed by atoms with E-state index in [4.69, 9.17) is 13.9 Å². The van der Waals surface area contributed by atoms with E-state index in [9.17, 15) is 0 Å². The lowest BCUT2D eigenvalue weighted by molar-refractivity contribution is 0.0739. The number of rotatable bonds is 9. The maximum atomic E-state index is 5.52. The lowest BCUT2D eigenvalue weighted by Crippen LogP contribution is -2.28. The molecule has 0 aliphatic carbocycles. The minimum absolute atomic E-state index is 0.449. The monoisotopic (exact) mass is 366 g/mol. The van der Waals surface area contributed by atoms with Gasteiger partial charge in [0.1, 0.15) is 0 Å². The lowest BCUT2D eigenvalue weighted by atomic mass is 10.3. The van der Waals surface area contributed by atoms with E-state index in [1.165, 1.54) is 12.5 Å². The van der Waals surface area contributed by atoms with Crippen LogP contribution in [0.3, 0.4) is 0 Å². The smallest absolute Gasteiger partial charge is 0.186 e. The fourth-order valence-electron chi connectivity index (χ4n) is 1.18. The van der Waals surface area contributed by atoms with E-state index < -0.39 is 8.32 Å². The molecule has 1 unspecified atom stereocenters. The first kappa shape index (κ1) is 31.8. The summed E-state index contributed by atoms with van der Waals surface area (Å²) in [6, 6.07) is 1.22. The quantitative estimate of drug-likeness (QED) is 0.327. The molecule has 0 radical (unpaired) electrons. The summed E-state index contributed by atoms with van der Waals surface area (Å²) in [6.07, 6.45) is 3.95.